The van der Waals surface area contributed by atoms with E-state index in [9.17, 15) is 9.59 Å². The molecule has 1 fully saturated rings. The molecule has 2 rings (SSSR count). The minimum absolute atomic E-state index is 0.185. The van der Waals surface area contributed by atoms with E-state index in [0.29, 0.717) is 24.4 Å². The molecule has 0 radical (unpaired) electrons. The molecule has 0 atom stereocenters. The van der Waals surface area contributed by atoms with Crippen molar-refractivity contribution in [2.24, 2.45) is 5.92 Å². The number of halogens is 1. The van der Waals surface area contributed by atoms with E-state index in [2.05, 4.69) is 4.98 Å². The standard InChI is InChI=1S/C13H19ClN2O2/c1-2-10-11(14)15-13(18)16(12(10)17)8-7-9-5-3-4-6-9/h9H,2-8H2,1H3,(H,15,18). The van der Waals surface area contributed by atoms with Gasteiger partial charge < -0.3 is 0 Å². The lowest BCUT2D eigenvalue weighted by atomic mass is 10.0. The lowest BCUT2D eigenvalue weighted by Crippen LogP contribution is -2.37. The topological polar surface area (TPSA) is 54.9 Å². The average molecular weight is 271 g/mol. The third-order valence-corrected chi connectivity index (χ3v) is 4.14. The van der Waals surface area contributed by atoms with Gasteiger partial charge in [0.25, 0.3) is 5.56 Å². The average Bonchev–Trinajstić information content (AvgIpc) is 2.81. The van der Waals surface area contributed by atoms with Crippen molar-refractivity contribution < 1.29 is 0 Å². The molecule has 0 saturated heterocycles. The van der Waals surface area contributed by atoms with Crippen molar-refractivity contribution in [2.75, 3.05) is 0 Å². The summed E-state index contributed by atoms with van der Waals surface area (Å²) in [6, 6.07) is 0. The summed E-state index contributed by atoms with van der Waals surface area (Å²) in [6.07, 6.45) is 6.45. The van der Waals surface area contributed by atoms with E-state index in [-0.39, 0.29) is 16.4 Å². The number of aromatic amines is 1. The zero-order chi connectivity index (χ0) is 13.1. The summed E-state index contributed by atoms with van der Waals surface area (Å²) in [4.78, 5) is 26.4. The van der Waals surface area contributed by atoms with Crippen molar-refractivity contribution in [3.8, 4) is 0 Å². The summed E-state index contributed by atoms with van der Waals surface area (Å²) in [7, 11) is 0. The van der Waals surface area contributed by atoms with Crippen LogP contribution in [0.4, 0.5) is 0 Å². The van der Waals surface area contributed by atoms with E-state index in [1.165, 1.54) is 30.3 Å². The van der Waals surface area contributed by atoms with Gasteiger partial charge in [-0.1, -0.05) is 44.2 Å². The van der Waals surface area contributed by atoms with Crippen molar-refractivity contribution in [3.63, 3.8) is 0 Å². The molecule has 0 spiro atoms. The molecule has 1 aromatic rings. The molecule has 1 aliphatic rings. The Balaban J connectivity index is 2.21. The van der Waals surface area contributed by atoms with Gasteiger partial charge in [-0.3, -0.25) is 14.3 Å². The summed E-state index contributed by atoms with van der Waals surface area (Å²) >= 11 is 5.87. The van der Waals surface area contributed by atoms with E-state index in [1.807, 2.05) is 6.92 Å². The third kappa shape index (κ3) is 2.69. The Labute approximate surface area is 111 Å². The highest BCUT2D eigenvalue weighted by Gasteiger charge is 2.17. The van der Waals surface area contributed by atoms with Crippen molar-refractivity contribution in [2.45, 2.75) is 52.0 Å². The maximum Gasteiger partial charge on any atom is 0.329 e. The predicted molar refractivity (Wildman–Crippen MR) is 72.3 cm³/mol. The molecular weight excluding hydrogens is 252 g/mol. The van der Waals surface area contributed by atoms with Gasteiger partial charge in [0.15, 0.2) is 0 Å². The first-order valence-corrected chi connectivity index (χ1v) is 7.02. The van der Waals surface area contributed by atoms with E-state index in [4.69, 9.17) is 11.6 Å². The van der Waals surface area contributed by atoms with Crippen molar-refractivity contribution >= 4 is 11.6 Å². The SMILES string of the molecule is CCc1c(Cl)[nH]c(=O)n(CCC2CCCC2)c1=O. The van der Waals surface area contributed by atoms with Crippen molar-refractivity contribution in [1.82, 2.24) is 9.55 Å². The minimum Gasteiger partial charge on any atom is -0.297 e. The van der Waals surface area contributed by atoms with Crippen LogP contribution >= 0.6 is 11.6 Å². The molecule has 0 aromatic carbocycles. The van der Waals surface area contributed by atoms with Crippen molar-refractivity contribution in [1.29, 1.82) is 0 Å². The Bertz CT molecular complexity index is 527. The lowest BCUT2D eigenvalue weighted by Gasteiger charge is -2.11. The fourth-order valence-electron chi connectivity index (χ4n) is 2.71. The molecule has 1 heterocycles. The second-order valence-corrected chi connectivity index (χ2v) is 5.35. The summed E-state index contributed by atoms with van der Waals surface area (Å²) < 4.78 is 1.29. The summed E-state index contributed by atoms with van der Waals surface area (Å²) in [6.45, 7) is 2.37. The van der Waals surface area contributed by atoms with Gasteiger partial charge in [-0.25, -0.2) is 4.79 Å². The van der Waals surface area contributed by atoms with Crippen LogP contribution in [0, 0.1) is 5.92 Å². The Morgan fingerprint density at radius 3 is 2.61 bits per heavy atom. The van der Waals surface area contributed by atoms with Gasteiger partial charge in [0.05, 0.1) is 5.56 Å². The number of hydrogen-bond acceptors (Lipinski definition) is 2. The molecular formula is C13H19ClN2O2. The van der Waals surface area contributed by atoms with Gasteiger partial charge in [0.2, 0.25) is 0 Å². The normalized spacial score (nSPS) is 16.3. The molecule has 18 heavy (non-hydrogen) atoms. The molecule has 1 aliphatic carbocycles. The quantitative estimate of drug-likeness (QED) is 0.854. The van der Waals surface area contributed by atoms with Gasteiger partial charge in [-0.05, 0) is 18.8 Å². The second kappa shape index (κ2) is 5.74. The summed E-state index contributed by atoms with van der Waals surface area (Å²) in [5, 5.41) is 0.185. The summed E-state index contributed by atoms with van der Waals surface area (Å²) in [5.74, 6) is 0.664. The van der Waals surface area contributed by atoms with Crippen LogP contribution in [0.25, 0.3) is 0 Å². The van der Waals surface area contributed by atoms with Crippen LogP contribution in [0.5, 0.6) is 0 Å². The highest BCUT2D eigenvalue weighted by Crippen LogP contribution is 2.27. The number of rotatable bonds is 4. The van der Waals surface area contributed by atoms with Crippen LogP contribution in [0.2, 0.25) is 5.15 Å². The van der Waals surface area contributed by atoms with Crippen LogP contribution in [0.1, 0.15) is 44.6 Å². The summed E-state index contributed by atoms with van der Waals surface area (Å²) in [5.41, 5.74) is -0.118. The largest absolute Gasteiger partial charge is 0.329 e. The molecule has 100 valence electrons. The Kier molecular flexibility index (Phi) is 4.27. The minimum atomic E-state index is -0.389. The maximum atomic E-state index is 12.1. The Hall–Kier alpha value is -1.03. The molecule has 0 aliphatic heterocycles. The monoisotopic (exact) mass is 270 g/mol. The van der Waals surface area contributed by atoms with Crippen LogP contribution in [-0.2, 0) is 13.0 Å². The van der Waals surface area contributed by atoms with E-state index in [1.54, 1.807) is 0 Å². The number of H-pyrrole nitrogens is 1. The first-order valence-electron chi connectivity index (χ1n) is 6.65. The van der Waals surface area contributed by atoms with Crippen LogP contribution in [0.15, 0.2) is 9.59 Å². The highest BCUT2D eigenvalue weighted by molar-refractivity contribution is 6.30. The van der Waals surface area contributed by atoms with Gasteiger partial charge in [0.1, 0.15) is 5.15 Å². The molecule has 1 saturated carbocycles. The fraction of sp³-hybridized carbons (Fsp3) is 0.692. The van der Waals surface area contributed by atoms with Crippen LogP contribution in [0.3, 0.4) is 0 Å². The fourth-order valence-corrected chi connectivity index (χ4v) is 3.00. The first kappa shape index (κ1) is 13.4. The molecule has 4 nitrogen and oxygen atoms in total. The van der Waals surface area contributed by atoms with Crippen LogP contribution < -0.4 is 11.2 Å². The molecule has 1 N–H and O–H groups in total. The van der Waals surface area contributed by atoms with Gasteiger partial charge in [-0.2, -0.15) is 0 Å². The van der Waals surface area contributed by atoms with Crippen LogP contribution in [-0.4, -0.2) is 9.55 Å². The molecule has 0 bridgehead atoms. The van der Waals surface area contributed by atoms with E-state index >= 15 is 0 Å². The zero-order valence-electron chi connectivity index (χ0n) is 10.7. The number of aromatic nitrogens is 2. The zero-order valence-corrected chi connectivity index (χ0v) is 11.4. The molecule has 1 aromatic heterocycles. The number of nitrogens with one attached hydrogen (secondary N) is 1. The number of hydrogen-bond donors (Lipinski definition) is 1. The Morgan fingerprint density at radius 2 is 2.00 bits per heavy atom. The maximum absolute atomic E-state index is 12.1. The predicted octanol–water partition coefficient (Wildman–Crippen LogP) is 2.33. The Morgan fingerprint density at radius 1 is 1.33 bits per heavy atom. The smallest absolute Gasteiger partial charge is 0.297 e. The van der Waals surface area contributed by atoms with Crippen molar-refractivity contribution in [3.05, 3.63) is 31.6 Å². The first-order chi connectivity index (χ1) is 8.63. The van der Waals surface area contributed by atoms with Gasteiger partial charge in [-0.15, -0.1) is 0 Å². The third-order valence-electron chi connectivity index (χ3n) is 3.82. The second-order valence-electron chi connectivity index (χ2n) is 4.97. The van der Waals surface area contributed by atoms with E-state index < -0.39 is 0 Å². The number of nitrogens with zero attached hydrogens (tertiary/aromatic N) is 1. The molecule has 0 unspecified atom stereocenters. The van der Waals surface area contributed by atoms with Gasteiger partial charge >= 0.3 is 5.69 Å². The lowest BCUT2D eigenvalue weighted by molar-refractivity contribution is 0.443. The highest BCUT2D eigenvalue weighted by atomic mass is 35.5. The molecule has 0 amide bonds. The molecule has 5 heteroatoms. The van der Waals surface area contributed by atoms with E-state index in [0.717, 1.165) is 6.42 Å². The van der Waals surface area contributed by atoms with Gasteiger partial charge in [0, 0.05) is 6.54 Å².